The van der Waals surface area contributed by atoms with E-state index in [2.05, 4.69) is 43.6 Å². The molecular formula is C12H16BrN3O. The second-order valence-corrected chi connectivity index (χ2v) is 4.99. The molecule has 1 aromatic rings. The number of hydrogen-bond donors (Lipinski definition) is 2. The maximum absolute atomic E-state index is 11.4. The van der Waals surface area contributed by atoms with Crippen LogP contribution in [-0.2, 0) is 11.3 Å². The summed E-state index contributed by atoms with van der Waals surface area (Å²) >= 11 is 3.48. The molecule has 1 amide bonds. The van der Waals surface area contributed by atoms with Crippen LogP contribution in [0, 0.1) is 0 Å². The first-order chi connectivity index (χ1) is 8.20. The predicted molar refractivity (Wildman–Crippen MR) is 72.1 cm³/mol. The molecule has 0 radical (unpaired) electrons. The molecule has 2 rings (SSSR count). The van der Waals surface area contributed by atoms with Crippen LogP contribution in [0.5, 0.6) is 0 Å². The number of piperazine rings is 1. The zero-order chi connectivity index (χ0) is 12.3. The highest BCUT2D eigenvalue weighted by Gasteiger charge is 2.18. The Kier molecular flexibility index (Phi) is 4.02. The molecule has 0 bridgehead atoms. The highest BCUT2D eigenvalue weighted by atomic mass is 79.9. The number of halogens is 1. The summed E-state index contributed by atoms with van der Waals surface area (Å²) in [6.07, 6.45) is 0. The first kappa shape index (κ1) is 12.4. The lowest BCUT2D eigenvalue weighted by Crippen LogP contribution is -2.48. The van der Waals surface area contributed by atoms with Crippen LogP contribution in [0.1, 0.15) is 5.56 Å². The van der Waals surface area contributed by atoms with Gasteiger partial charge in [-0.1, -0.05) is 22.0 Å². The minimum atomic E-state index is 0.0895. The average molecular weight is 298 g/mol. The molecule has 92 valence electrons. The lowest BCUT2D eigenvalue weighted by molar-refractivity contribution is -0.120. The molecule has 1 fully saturated rings. The van der Waals surface area contributed by atoms with E-state index >= 15 is 0 Å². The van der Waals surface area contributed by atoms with Gasteiger partial charge in [-0.05, 0) is 24.7 Å². The summed E-state index contributed by atoms with van der Waals surface area (Å²) in [6.45, 7) is 2.82. The summed E-state index contributed by atoms with van der Waals surface area (Å²) in [4.78, 5) is 13.5. The highest BCUT2D eigenvalue weighted by Crippen LogP contribution is 2.25. The quantitative estimate of drug-likeness (QED) is 0.878. The van der Waals surface area contributed by atoms with Gasteiger partial charge < -0.3 is 15.5 Å². The van der Waals surface area contributed by atoms with Gasteiger partial charge in [-0.2, -0.15) is 0 Å². The van der Waals surface area contributed by atoms with Crippen molar-refractivity contribution in [3.05, 3.63) is 28.2 Å². The van der Waals surface area contributed by atoms with Gasteiger partial charge in [0, 0.05) is 29.8 Å². The van der Waals surface area contributed by atoms with Gasteiger partial charge in [0.25, 0.3) is 0 Å². The van der Waals surface area contributed by atoms with Crippen LogP contribution >= 0.6 is 15.9 Å². The molecular weight excluding hydrogens is 282 g/mol. The Morgan fingerprint density at radius 2 is 2.35 bits per heavy atom. The number of nitrogens with one attached hydrogen (secondary N) is 2. The van der Waals surface area contributed by atoms with Crippen LogP contribution in [0.4, 0.5) is 5.69 Å². The molecule has 1 saturated heterocycles. The first-order valence-electron chi connectivity index (χ1n) is 5.65. The van der Waals surface area contributed by atoms with Crippen molar-refractivity contribution >= 4 is 27.5 Å². The molecule has 4 nitrogen and oxygen atoms in total. The molecule has 1 aliphatic heterocycles. The fourth-order valence-electron chi connectivity index (χ4n) is 2.02. The maximum atomic E-state index is 11.4. The molecule has 0 aromatic heterocycles. The monoisotopic (exact) mass is 297 g/mol. The van der Waals surface area contributed by atoms with Crippen molar-refractivity contribution in [2.75, 3.05) is 31.6 Å². The molecule has 1 aliphatic rings. The third-order valence-electron chi connectivity index (χ3n) is 2.79. The Hall–Kier alpha value is -1.07. The van der Waals surface area contributed by atoms with Crippen molar-refractivity contribution in [1.29, 1.82) is 0 Å². The molecule has 0 spiro atoms. The fourth-order valence-corrected chi connectivity index (χ4v) is 2.36. The van der Waals surface area contributed by atoms with E-state index < -0.39 is 0 Å². The van der Waals surface area contributed by atoms with E-state index in [9.17, 15) is 4.79 Å². The minimum absolute atomic E-state index is 0.0895. The van der Waals surface area contributed by atoms with Crippen molar-refractivity contribution in [2.45, 2.75) is 6.54 Å². The zero-order valence-corrected chi connectivity index (χ0v) is 11.4. The van der Waals surface area contributed by atoms with Crippen molar-refractivity contribution in [2.24, 2.45) is 0 Å². The van der Waals surface area contributed by atoms with Gasteiger partial charge >= 0.3 is 0 Å². The van der Waals surface area contributed by atoms with E-state index in [1.54, 1.807) is 0 Å². The standard InChI is InChI=1S/C12H16BrN3O/c1-14-7-9-2-3-10(13)6-11(9)16-5-4-15-12(17)8-16/h2-3,6,14H,4-5,7-8H2,1H3,(H,15,17). The number of benzene rings is 1. The minimum Gasteiger partial charge on any atom is -0.360 e. The Morgan fingerprint density at radius 3 is 3.06 bits per heavy atom. The summed E-state index contributed by atoms with van der Waals surface area (Å²) in [5, 5.41) is 5.99. The zero-order valence-electron chi connectivity index (χ0n) is 9.79. The second-order valence-electron chi connectivity index (χ2n) is 4.07. The van der Waals surface area contributed by atoms with Gasteiger partial charge in [0.2, 0.25) is 5.91 Å². The van der Waals surface area contributed by atoms with Crippen molar-refractivity contribution < 1.29 is 4.79 Å². The van der Waals surface area contributed by atoms with E-state index in [0.29, 0.717) is 13.1 Å². The largest absolute Gasteiger partial charge is 0.360 e. The lowest BCUT2D eigenvalue weighted by Gasteiger charge is -2.30. The topological polar surface area (TPSA) is 44.4 Å². The molecule has 0 atom stereocenters. The van der Waals surface area contributed by atoms with Crippen LogP contribution < -0.4 is 15.5 Å². The molecule has 2 N–H and O–H groups in total. The van der Waals surface area contributed by atoms with Gasteiger partial charge in [0.05, 0.1) is 6.54 Å². The van der Waals surface area contributed by atoms with Crippen LogP contribution in [0.15, 0.2) is 22.7 Å². The lowest BCUT2D eigenvalue weighted by atomic mass is 10.1. The number of amides is 1. The number of hydrogen-bond acceptors (Lipinski definition) is 3. The van der Waals surface area contributed by atoms with Crippen LogP contribution in [0.3, 0.4) is 0 Å². The summed E-state index contributed by atoms with van der Waals surface area (Å²) in [7, 11) is 1.93. The summed E-state index contributed by atoms with van der Waals surface area (Å²) < 4.78 is 1.04. The Morgan fingerprint density at radius 1 is 1.53 bits per heavy atom. The molecule has 1 aromatic carbocycles. The SMILES string of the molecule is CNCc1ccc(Br)cc1N1CCNC(=O)C1. The van der Waals surface area contributed by atoms with E-state index in [1.165, 1.54) is 5.56 Å². The first-order valence-corrected chi connectivity index (χ1v) is 6.44. The number of carbonyl (C=O) groups excluding carboxylic acids is 1. The third-order valence-corrected chi connectivity index (χ3v) is 3.29. The Bertz CT molecular complexity index is 422. The van der Waals surface area contributed by atoms with Gasteiger partial charge in [-0.3, -0.25) is 4.79 Å². The van der Waals surface area contributed by atoms with Gasteiger partial charge in [0.1, 0.15) is 0 Å². The van der Waals surface area contributed by atoms with E-state index in [-0.39, 0.29) is 5.91 Å². The van der Waals surface area contributed by atoms with Crippen molar-refractivity contribution in [3.8, 4) is 0 Å². The Labute approximate surface area is 110 Å². The van der Waals surface area contributed by atoms with E-state index in [1.807, 2.05) is 13.1 Å². The van der Waals surface area contributed by atoms with Gasteiger partial charge in [-0.25, -0.2) is 0 Å². The summed E-state index contributed by atoms with van der Waals surface area (Å²) in [5.41, 5.74) is 2.34. The molecule has 0 unspecified atom stereocenters. The van der Waals surface area contributed by atoms with Crippen molar-refractivity contribution in [3.63, 3.8) is 0 Å². The number of carbonyl (C=O) groups is 1. The fraction of sp³-hybridized carbons (Fsp3) is 0.417. The van der Waals surface area contributed by atoms with Gasteiger partial charge in [-0.15, -0.1) is 0 Å². The highest BCUT2D eigenvalue weighted by molar-refractivity contribution is 9.10. The van der Waals surface area contributed by atoms with E-state index in [0.717, 1.165) is 23.2 Å². The van der Waals surface area contributed by atoms with E-state index in [4.69, 9.17) is 0 Å². The molecule has 0 aliphatic carbocycles. The maximum Gasteiger partial charge on any atom is 0.239 e. The second kappa shape index (κ2) is 5.51. The molecule has 17 heavy (non-hydrogen) atoms. The molecule has 0 saturated carbocycles. The smallest absolute Gasteiger partial charge is 0.239 e. The number of anilines is 1. The summed E-state index contributed by atoms with van der Waals surface area (Å²) in [5.74, 6) is 0.0895. The van der Waals surface area contributed by atoms with Crippen LogP contribution in [0.25, 0.3) is 0 Å². The predicted octanol–water partition coefficient (Wildman–Crippen LogP) is 1.10. The van der Waals surface area contributed by atoms with Crippen LogP contribution in [0.2, 0.25) is 0 Å². The number of rotatable bonds is 3. The van der Waals surface area contributed by atoms with Gasteiger partial charge in [0.15, 0.2) is 0 Å². The summed E-state index contributed by atoms with van der Waals surface area (Å²) in [6, 6.07) is 6.19. The van der Waals surface area contributed by atoms with Crippen LogP contribution in [-0.4, -0.2) is 32.6 Å². The molecule has 5 heteroatoms. The molecule has 1 heterocycles. The number of nitrogens with zero attached hydrogens (tertiary/aromatic N) is 1. The Balaban J connectivity index is 2.28. The third kappa shape index (κ3) is 2.98. The average Bonchev–Trinajstić information content (AvgIpc) is 2.32. The normalized spacial score (nSPS) is 15.9. The van der Waals surface area contributed by atoms with Crippen molar-refractivity contribution in [1.82, 2.24) is 10.6 Å².